The normalized spacial score (nSPS) is 11.1. The molecule has 0 atom stereocenters. The van der Waals surface area contributed by atoms with Crippen molar-refractivity contribution in [3.63, 3.8) is 0 Å². The molecule has 0 aliphatic rings. The van der Waals surface area contributed by atoms with Crippen LogP contribution < -0.4 is 0 Å². The van der Waals surface area contributed by atoms with E-state index in [9.17, 15) is 4.39 Å². The summed E-state index contributed by atoms with van der Waals surface area (Å²) in [7, 11) is 0. The van der Waals surface area contributed by atoms with Gasteiger partial charge in [0.25, 0.3) is 0 Å². The predicted octanol–water partition coefficient (Wildman–Crippen LogP) is 3.50. The Bertz CT molecular complexity index is 719. The van der Waals surface area contributed by atoms with Crippen LogP contribution in [0.2, 0.25) is 5.15 Å². The van der Waals surface area contributed by atoms with Crippen LogP contribution in [0.5, 0.6) is 0 Å². The molecule has 0 saturated carbocycles. The second-order valence-electron chi connectivity index (χ2n) is 4.03. The lowest BCUT2D eigenvalue weighted by molar-refractivity contribution is 0.628. The van der Waals surface area contributed by atoms with Gasteiger partial charge in [0.2, 0.25) is 0 Å². The third kappa shape index (κ3) is 1.84. The average Bonchev–Trinajstić information content (AvgIpc) is 2.69. The highest BCUT2D eigenvalue weighted by Gasteiger charge is 2.09. The van der Waals surface area contributed by atoms with E-state index in [-0.39, 0.29) is 5.82 Å². The first-order chi connectivity index (χ1) is 8.63. The van der Waals surface area contributed by atoms with Crippen LogP contribution in [-0.4, -0.2) is 14.6 Å². The smallest absolute Gasteiger partial charge is 0.157 e. The van der Waals surface area contributed by atoms with Crippen molar-refractivity contribution < 1.29 is 4.39 Å². The maximum atomic E-state index is 12.9. The van der Waals surface area contributed by atoms with Crippen molar-refractivity contribution in [2.24, 2.45) is 0 Å². The highest BCUT2D eigenvalue weighted by Crippen LogP contribution is 2.23. The Morgan fingerprint density at radius 3 is 2.61 bits per heavy atom. The number of hydrogen-bond acceptors (Lipinski definition) is 2. The molecule has 2 heterocycles. The molecule has 0 unspecified atom stereocenters. The van der Waals surface area contributed by atoms with E-state index in [1.54, 1.807) is 22.7 Å². The molecule has 0 spiro atoms. The van der Waals surface area contributed by atoms with Crippen LogP contribution in [-0.2, 0) is 0 Å². The molecule has 0 radical (unpaired) electrons. The number of fused-ring (bicyclic) bond motifs is 1. The Kier molecular flexibility index (Phi) is 2.52. The minimum absolute atomic E-state index is 0.271. The molecule has 0 aliphatic carbocycles. The molecular formula is C13H9ClFN3. The van der Waals surface area contributed by atoms with Crippen LogP contribution in [0, 0.1) is 12.7 Å². The SMILES string of the molecule is Cc1cc2nc(Cl)cc(-c3ccc(F)cc3)n2n1. The summed E-state index contributed by atoms with van der Waals surface area (Å²) >= 11 is 5.99. The van der Waals surface area contributed by atoms with E-state index in [2.05, 4.69) is 10.1 Å². The molecule has 3 aromatic rings. The monoisotopic (exact) mass is 261 g/mol. The van der Waals surface area contributed by atoms with Crippen molar-refractivity contribution in [1.29, 1.82) is 0 Å². The lowest BCUT2D eigenvalue weighted by Gasteiger charge is -2.05. The molecule has 2 aromatic heterocycles. The third-order valence-corrected chi connectivity index (χ3v) is 2.85. The first-order valence-electron chi connectivity index (χ1n) is 5.42. The predicted molar refractivity (Wildman–Crippen MR) is 68.1 cm³/mol. The van der Waals surface area contributed by atoms with Gasteiger partial charge in [0.15, 0.2) is 5.65 Å². The molecule has 3 nitrogen and oxygen atoms in total. The molecule has 3 rings (SSSR count). The molecule has 18 heavy (non-hydrogen) atoms. The molecular weight excluding hydrogens is 253 g/mol. The second-order valence-corrected chi connectivity index (χ2v) is 4.41. The van der Waals surface area contributed by atoms with Crippen LogP contribution in [0.4, 0.5) is 4.39 Å². The summed E-state index contributed by atoms with van der Waals surface area (Å²) in [6.45, 7) is 1.89. The highest BCUT2D eigenvalue weighted by atomic mass is 35.5. The van der Waals surface area contributed by atoms with Gasteiger partial charge in [0, 0.05) is 17.7 Å². The number of rotatable bonds is 1. The molecule has 0 amide bonds. The van der Waals surface area contributed by atoms with E-state index in [1.165, 1.54) is 12.1 Å². The van der Waals surface area contributed by atoms with E-state index in [0.29, 0.717) is 10.8 Å². The Morgan fingerprint density at radius 2 is 1.89 bits per heavy atom. The molecule has 0 bridgehead atoms. The van der Waals surface area contributed by atoms with E-state index in [4.69, 9.17) is 11.6 Å². The second kappa shape index (κ2) is 4.07. The van der Waals surface area contributed by atoms with Gasteiger partial charge < -0.3 is 0 Å². The van der Waals surface area contributed by atoms with E-state index >= 15 is 0 Å². The Labute approximate surface area is 108 Å². The van der Waals surface area contributed by atoms with E-state index in [1.807, 2.05) is 13.0 Å². The largest absolute Gasteiger partial charge is 0.217 e. The number of halogens is 2. The molecule has 0 N–H and O–H groups in total. The standard InChI is InChI=1S/C13H9ClFN3/c1-8-6-13-16-12(14)7-11(18(13)17-8)9-2-4-10(15)5-3-9/h2-7H,1H3. The van der Waals surface area contributed by atoms with Gasteiger partial charge in [0.05, 0.1) is 11.4 Å². The molecule has 1 aromatic carbocycles. The van der Waals surface area contributed by atoms with Gasteiger partial charge in [0.1, 0.15) is 11.0 Å². The number of nitrogens with zero attached hydrogens (tertiary/aromatic N) is 3. The summed E-state index contributed by atoms with van der Waals surface area (Å²) in [5.74, 6) is -0.271. The van der Waals surface area contributed by atoms with Crippen LogP contribution >= 0.6 is 11.6 Å². The lowest BCUT2D eigenvalue weighted by Crippen LogP contribution is -1.96. The first-order valence-corrected chi connectivity index (χ1v) is 5.80. The maximum absolute atomic E-state index is 12.9. The Hall–Kier alpha value is -1.94. The average molecular weight is 262 g/mol. The quantitative estimate of drug-likeness (QED) is 0.628. The molecule has 90 valence electrons. The zero-order valence-electron chi connectivity index (χ0n) is 9.56. The van der Waals surface area contributed by atoms with Gasteiger partial charge >= 0.3 is 0 Å². The lowest BCUT2D eigenvalue weighted by atomic mass is 10.1. The van der Waals surface area contributed by atoms with Crippen LogP contribution in [0.1, 0.15) is 5.69 Å². The summed E-state index contributed by atoms with van der Waals surface area (Å²) < 4.78 is 14.6. The molecule has 5 heteroatoms. The van der Waals surface area contributed by atoms with Crippen molar-refractivity contribution >= 4 is 17.2 Å². The minimum atomic E-state index is -0.271. The topological polar surface area (TPSA) is 30.2 Å². The summed E-state index contributed by atoms with van der Waals surface area (Å²) in [4.78, 5) is 4.19. The summed E-state index contributed by atoms with van der Waals surface area (Å²) in [6.07, 6.45) is 0. The van der Waals surface area contributed by atoms with E-state index < -0.39 is 0 Å². The van der Waals surface area contributed by atoms with Crippen LogP contribution in [0.15, 0.2) is 36.4 Å². The fourth-order valence-corrected chi connectivity index (χ4v) is 2.07. The fraction of sp³-hybridized carbons (Fsp3) is 0.0769. The van der Waals surface area contributed by atoms with Crippen molar-refractivity contribution in [3.05, 3.63) is 53.1 Å². The number of hydrogen-bond donors (Lipinski definition) is 0. The van der Waals surface area contributed by atoms with Crippen molar-refractivity contribution in [2.45, 2.75) is 6.92 Å². The Morgan fingerprint density at radius 1 is 1.17 bits per heavy atom. The summed E-state index contributed by atoms with van der Waals surface area (Å²) in [5.41, 5.74) is 3.17. The zero-order valence-corrected chi connectivity index (χ0v) is 10.3. The summed E-state index contributed by atoms with van der Waals surface area (Å²) in [6, 6.07) is 9.76. The maximum Gasteiger partial charge on any atom is 0.157 e. The molecule has 0 saturated heterocycles. The number of benzene rings is 1. The van der Waals surface area contributed by atoms with Gasteiger partial charge in [-0.1, -0.05) is 11.6 Å². The zero-order chi connectivity index (χ0) is 12.7. The van der Waals surface area contributed by atoms with Crippen LogP contribution in [0.25, 0.3) is 16.9 Å². The van der Waals surface area contributed by atoms with Gasteiger partial charge in [-0.2, -0.15) is 5.10 Å². The van der Waals surface area contributed by atoms with Crippen molar-refractivity contribution in [3.8, 4) is 11.3 Å². The summed E-state index contributed by atoms with van der Waals surface area (Å²) in [5, 5.41) is 4.75. The minimum Gasteiger partial charge on any atom is -0.217 e. The van der Waals surface area contributed by atoms with Crippen molar-refractivity contribution in [1.82, 2.24) is 14.6 Å². The third-order valence-electron chi connectivity index (χ3n) is 2.66. The fourth-order valence-electron chi connectivity index (χ4n) is 1.88. The Balaban J connectivity index is 2.30. The number of aryl methyl sites for hydroxylation is 1. The van der Waals surface area contributed by atoms with Gasteiger partial charge in [-0.25, -0.2) is 13.9 Å². The van der Waals surface area contributed by atoms with Crippen molar-refractivity contribution in [2.75, 3.05) is 0 Å². The molecule has 0 aliphatic heterocycles. The van der Waals surface area contributed by atoms with Gasteiger partial charge in [-0.05, 0) is 31.2 Å². The molecule has 0 fully saturated rings. The highest BCUT2D eigenvalue weighted by molar-refractivity contribution is 6.29. The first kappa shape index (κ1) is 11.2. The van der Waals surface area contributed by atoms with Gasteiger partial charge in [-0.15, -0.1) is 0 Å². The van der Waals surface area contributed by atoms with E-state index in [0.717, 1.165) is 17.0 Å². The van der Waals surface area contributed by atoms with Gasteiger partial charge in [-0.3, -0.25) is 0 Å². The number of aromatic nitrogens is 3. The van der Waals surface area contributed by atoms with Crippen LogP contribution in [0.3, 0.4) is 0 Å².